The number of aryl methyl sites for hydroxylation is 1. The van der Waals surface area contributed by atoms with Crippen LogP contribution in [0, 0.1) is 18.3 Å². The molecule has 0 saturated carbocycles. The lowest BCUT2D eigenvalue weighted by Crippen LogP contribution is -2.28. The van der Waals surface area contributed by atoms with Gasteiger partial charge in [0.1, 0.15) is 23.1 Å². The van der Waals surface area contributed by atoms with Crippen LogP contribution in [0.5, 0.6) is 17.4 Å². The number of pyridine rings is 1. The molecule has 2 aromatic carbocycles. The van der Waals surface area contributed by atoms with Gasteiger partial charge in [-0.25, -0.2) is 0 Å². The van der Waals surface area contributed by atoms with E-state index in [9.17, 15) is 20.0 Å². The molecule has 1 aromatic heterocycles. The van der Waals surface area contributed by atoms with Crippen LogP contribution in [0.15, 0.2) is 59.4 Å². The predicted molar refractivity (Wildman–Crippen MR) is 115 cm³/mol. The number of rotatable bonds is 8. The van der Waals surface area contributed by atoms with Gasteiger partial charge >= 0.3 is 0 Å². The number of aromatic hydroxyl groups is 1. The summed E-state index contributed by atoms with van der Waals surface area (Å²) in [5.41, 5.74) is 0.169. The largest absolute Gasteiger partial charge is 0.497 e. The second-order valence-electron chi connectivity index (χ2n) is 6.89. The van der Waals surface area contributed by atoms with Gasteiger partial charge in [-0.15, -0.1) is 0 Å². The Morgan fingerprint density at radius 1 is 1.10 bits per heavy atom. The summed E-state index contributed by atoms with van der Waals surface area (Å²) in [4.78, 5) is 25.5. The fraction of sp³-hybridized carbons (Fsp3) is 0.208. The molecule has 0 amide bonds. The molecular weight excluding hydrogens is 396 g/mol. The summed E-state index contributed by atoms with van der Waals surface area (Å²) < 4.78 is 11.7. The van der Waals surface area contributed by atoms with Crippen LogP contribution in [-0.4, -0.2) is 29.2 Å². The van der Waals surface area contributed by atoms with Crippen LogP contribution >= 0.6 is 0 Å². The fourth-order valence-electron chi connectivity index (χ4n) is 3.26. The maximum atomic E-state index is 12.8. The summed E-state index contributed by atoms with van der Waals surface area (Å²) in [7, 11) is 1.57. The van der Waals surface area contributed by atoms with E-state index in [1.165, 1.54) is 6.92 Å². The summed E-state index contributed by atoms with van der Waals surface area (Å²) in [5.74, 6) is 0.226. The monoisotopic (exact) mass is 418 g/mol. The Morgan fingerprint density at radius 3 is 2.39 bits per heavy atom. The van der Waals surface area contributed by atoms with Gasteiger partial charge in [0, 0.05) is 6.54 Å². The number of aromatic nitrogens is 1. The van der Waals surface area contributed by atoms with Gasteiger partial charge in [-0.3, -0.25) is 14.2 Å². The van der Waals surface area contributed by atoms with Crippen LogP contribution in [0.25, 0.3) is 0 Å². The number of hydrogen-bond acceptors (Lipinski definition) is 6. The lowest BCUT2D eigenvalue weighted by atomic mass is 10.0. The predicted octanol–water partition coefficient (Wildman–Crippen LogP) is 3.25. The third kappa shape index (κ3) is 4.75. The summed E-state index contributed by atoms with van der Waals surface area (Å²) >= 11 is 0. The van der Waals surface area contributed by atoms with Crippen molar-refractivity contribution in [2.24, 2.45) is 0 Å². The van der Waals surface area contributed by atoms with Gasteiger partial charge in [0.2, 0.25) is 11.7 Å². The minimum absolute atomic E-state index is 0.0817. The van der Waals surface area contributed by atoms with Crippen molar-refractivity contribution < 1.29 is 19.4 Å². The number of nitrogens with zero attached hydrogens (tertiary/aromatic N) is 2. The Morgan fingerprint density at radius 2 is 1.77 bits per heavy atom. The highest BCUT2D eigenvalue weighted by Gasteiger charge is 2.24. The number of ketones is 1. The molecule has 0 atom stereocenters. The Balaban J connectivity index is 1.89. The molecular formula is C24H22N2O5. The summed E-state index contributed by atoms with van der Waals surface area (Å²) in [6.45, 7) is 1.25. The van der Waals surface area contributed by atoms with Gasteiger partial charge in [0.15, 0.2) is 6.61 Å². The smallest absolute Gasteiger partial charge is 0.271 e. The lowest BCUT2D eigenvalue weighted by molar-refractivity contribution is 0.0916. The maximum absolute atomic E-state index is 12.8. The molecule has 0 aliphatic carbocycles. The number of carbonyl (C=O) groups is 1. The molecule has 158 valence electrons. The van der Waals surface area contributed by atoms with Crippen molar-refractivity contribution in [3.05, 3.63) is 87.2 Å². The van der Waals surface area contributed by atoms with Crippen LogP contribution in [0.3, 0.4) is 0 Å². The van der Waals surface area contributed by atoms with E-state index in [1.807, 2.05) is 24.3 Å². The molecule has 0 saturated heterocycles. The van der Waals surface area contributed by atoms with E-state index < -0.39 is 17.2 Å². The first-order chi connectivity index (χ1) is 15.0. The molecule has 3 aromatic rings. The van der Waals surface area contributed by atoms with E-state index in [1.54, 1.807) is 43.5 Å². The van der Waals surface area contributed by atoms with Crippen molar-refractivity contribution in [1.29, 1.82) is 5.26 Å². The molecule has 0 bridgehead atoms. The first-order valence-corrected chi connectivity index (χ1v) is 9.66. The van der Waals surface area contributed by atoms with E-state index in [2.05, 4.69) is 0 Å². The van der Waals surface area contributed by atoms with Crippen molar-refractivity contribution in [2.45, 2.75) is 19.9 Å². The molecule has 0 aliphatic rings. The minimum Gasteiger partial charge on any atom is -0.497 e. The van der Waals surface area contributed by atoms with Gasteiger partial charge in [0.25, 0.3) is 5.56 Å². The first kappa shape index (κ1) is 21.7. The van der Waals surface area contributed by atoms with Crippen LogP contribution in [0.4, 0.5) is 0 Å². The zero-order valence-electron chi connectivity index (χ0n) is 17.3. The molecule has 0 aliphatic heterocycles. The number of nitriles is 1. The van der Waals surface area contributed by atoms with Gasteiger partial charge in [-0.1, -0.05) is 30.3 Å². The normalized spacial score (nSPS) is 10.4. The molecule has 3 rings (SSSR count). The topological polar surface area (TPSA) is 102 Å². The molecule has 7 nitrogen and oxygen atoms in total. The van der Waals surface area contributed by atoms with Crippen molar-refractivity contribution in [1.82, 2.24) is 4.57 Å². The van der Waals surface area contributed by atoms with Crippen molar-refractivity contribution in [3.8, 4) is 23.4 Å². The highest BCUT2D eigenvalue weighted by atomic mass is 16.5. The fourth-order valence-corrected chi connectivity index (χ4v) is 3.26. The number of Topliss-reactive ketones (excluding diaryl/α,β-unsaturated/α-hetero) is 1. The second-order valence-corrected chi connectivity index (χ2v) is 6.89. The van der Waals surface area contributed by atoms with Gasteiger partial charge in [-0.05, 0) is 48.7 Å². The Labute approximate surface area is 179 Å². The van der Waals surface area contributed by atoms with Gasteiger partial charge in [0.05, 0.1) is 12.7 Å². The van der Waals surface area contributed by atoms with E-state index in [4.69, 9.17) is 9.47 Å². The molecule has 0 spiro atoms. The Bertz CT molecular complexity index is 1180. The molecule has 0 radical (unpaired) electrons. The zero-order chi connectivity index (χ0) is 22.4. The van der Waals surface area contributed by atoms with Gasteiger partial charge < -0.3 is 14.6 Å². The summed E-state index contributed by atoms with van der Waals surface area (Å²) in [6, 6.07) is 17.9. The molecule has 1 heterocycles. The van der Waals surface area contributed by atoms with E-state index in [0.717, 1.165) is 10.1 Å². The number of benzene rings is 2. The van der Waals surface area contributed by atoms with Crippen molar-refractivity contribution >= 4 is 5.78 Å². The van der Waals surface area contributed by atoms with Gasteiger partial charge in [-0.2, -0.15) is 5.26 Å². The number of ether oxygens (including phenoxy) is 2. The number of hydrogen-bond donors (Lipinski definition) is 1. The summed E-state index contributed by atoms with van der Waals surface area (Å²) in [5, 5.41) is 20.2. The minimum atomic E-state index is -0.633. The zero-order valence-corrected chi connectivity index (χ0v) is 17.3. The van der Waals surface area contributed by atoms with Crippen LogP contribution < -0.4 is 15.0 Å². The number of para-hydroxylation sites is 1. The van der Waals surface area contributed by atoms with E-state index >= 15 is 0 Å². The third-order valence-corrected chi connectivity index (χ3v) is 4.98. The number of carbonyl (C=O) groups excluding carboxylic acids is 1. The Hall–Kier alpha value is -4.05. The standard InChI is InChI=1S/C24H22N2O5/c1-16-20(14-25)23(28)26(13-12-17-8-10-18(30-2)11-9-17)24(29)22(16)21(27)15-31-19-6-4-3-5-7-19/h3-11,29H,12-13,15H2,1-2H3. The molecule has 0 fully saturated rings. The molecule has 1 N–H and O–H groups in total. The van der Waals surface area contributed by atoms with Crippen LogP contribution in [-0.2, 0) is 13.0 Å². The van der Waals surface area contributed by atoms with Crippen LogP contribution in [0.1, 0.15) is 27.0 Å². The average molecular weight is 418 g/mol. The average Bonchev–Trinajstić information content (AvgIpc) is 2.79. The number of methoxy groups -OCH3 is 1. The highest BCUT2D eigenvalue weighted by molar-refractivity contribution is 6.01. The second kappa shape index (κ2) is 9.63. The summed E-state index contributed by atoms with van der Waals surface area (Å²) in [6.07, 6.45) is 0.416. The maximum Gasteiger partial charge on any atom is 0.271 e. The molecule has 7 heteroatoms. The quantitative estimate of drug-likeness (QED) is 0.564. The van der Waals surface area contributed by atoms with Crippen molar-refractivity contribution in [3.63, 3.8) is 0 Å². The van der Waals surface area contributed by atoms with E-state index in [-0.39, 0.29) is 29.8 Å². The van der Waals surface area contributed by atoms with Crippen LogP contribution in [0.2, 0.25) is 0 Å². The SMILES string of the molecule is COc1ccc(CCn2c(O)c(C(=O)COc3ccccc3)c(C)c(C#N)c2=O)cc1. The lowest BCUT2D eigenvalue weighted by Gasteiger charge is -2.16. The Kier molecular flexibility index (Phi) is 6.73. The van der Waals surface area contributed by atoms with E-state index in [0.29, 0.717) is 17.9 Å². The molecule has 0 unspecified atom stereocenters. The molecule has 31 heavy (non-hydrogen) atoms. The van der Waals surface area contributed by atoms with Crippen molar-refractivity contribution in [2.75, 3.05) is 13.7 Å². The third-order valence-electron chi connectivity index (χ3n) is 4.98. The first-order valence-electron chi connectivity index (χ1n) is 9.66. The highest BCUT2D eigenvalue weighted by Crippen LogP contribution is 2.23.